The topological polar surface area (TPSA) is 80.6 Å². The van der Waals surface area contributed by atoms with Crippen LogP contribution in [-0.4, -0.2) is 10.9 Å². The van der Waals surface area contributed by atoms with Gasteiger partial charge in [0.15, 0.2) is 5.78 Å². The first-order valence-electron chi connectivity index (χ1n) is 5.17. The van der Waals surface area contributed by atoms with Gasteiger partial charge in [-0.1, -0.05) is 0 Å². The summed E-state index contributed by atoms with van der Waals surface area (Å²) >= 11 is 0. The second-order valence-corrected chi connectivity index (χ2v) is 3.62. The van der Waals surface area contributed by atoms with E-state index >= 15 is 0 Å². The van der Waals surface area contributed by atoms with Crippen LogP contribution in [0.1, 0.15) is 21.9 Å². The highest BCUT2D eigenvalue weighted by molar-refractivity contribution is 6.08. The third-order valence-electron chi connectivity index (χ3n) is 2.24. The van der Waals surface area contributed by atoms with Crippen LogP contribution < -0.4 is 5.63 Å². The van der Waals surface area contributed by atoms with Gasteiger partial charge in [-0.05, 0) is 31.2 Å². The highest BCUT2D eigenvalue weighted by Gasteiger charge is 2.15. The minimum Gasteiger partial charge on any atom is -0.507 e. The third kappa shape index (κ3) is 2.40. The zero-order chi connectivity index (χ0) is 13.1. The van der Waals surface area contributed by atoms with Crippen molar-refractivity contribution >= 4 is 11.9 Å². The van der Waals surface area contributed by atoms with Gasteiger partial charge < -0.3 is 13.9 Å². The molecule has 0 saturated carbocycles. The van der Waals surface area contributed by atoms with Gasteiger partial charge in [-0.25, -0.2) is 4.79 Å². The average molecular weight is 246 g/mol. The van der Waals surface area contributed by atoms with E-state index in [1.807, 2.05) is 0 Å². The Kier molecular flexibility index (Phi) is 3.14. The van der Waals surface area contributed by atoms with Crippen LogP contribution in [0.2, 0.25) is 0 Å². The zero-order valence-corrected chi connectivity index (χ0v) is 9.54. The largest absolute Gasteiger partial charge is 0.507 e. The fraction of sp³-hybridized carbons (Fsp3) is 0.0769. The minimum absolute atomic E-state index is 0.240. The van der Waals surface area contributed by atoms with E-state index in [1.165, 1.54) is 25.3 Å². The molecule has 0 aliphatic carbocycles. The van der Waals surface area contributed by atoms with Gasteiger partial charge in [-0.15, -0.1) is 0 Å². The molecule has 0 bridgehead atoms. The van der Waals surface area contributed by atoms with Crippen molar-refractivity contribution in [3.8, 4) is 5.75 Å². The van der Waals surface area contributed by atoms with Crippen molar-refractivity contribution in [3.63, 3.8) is 0 Å². The number of ketones is 1. The third-order valence-corrected chi connectivity index (χ3v) is 2.24. The molecule has 0 radical (unpaired) electrons. The molecule has 2 rings (SSSR count). The second kappa shape index (κ2) is 4.75. The Morgan fingerprint density at radius 3 is 2.83 bits per heavy atom. The Bertz CT molecular complexity index is 647. The quantitative estimate of drug-likeness (QED) is 0.662. The molecule has 2 heterocycles. The first kappa shape index (κ1) is 11.9. The predicted molar refractivity (Wildman–Crippen MR) is 63.5 cm³/mol. The van der Waals surface area contributed by atoms with E-state index in [4.69, 9.17) is 8.83 Å². The van der Waals surface area contributed by atoms with E-state index in [-0.39, 0.29) is 11.3 Å². The first-order valence-corrected chi connectivity index (χ1v) is 5.17. The van der Waals surface area contributed by atoms with Crippen LogP contribution in [0.4, 0.5) is 0 Å². The van der Waals surface area contributed by atoms with Gasteiger partial charge in [0.05, 0.1) is 6.26 Å². The maximum Gasteiger partial charge on any atom is 0.351 e. The standard InChI is InChI=1S/C13H10O5/c1-8-7-11(15)12(13(16)18-8)10(14)5-4-9-3-2-6-17-9/h2-7,15H,1H3/b5-4+. The highest BCUT2D eigenvalue weighted by atomic mass is 16.4. The van der Waals surface area contributed by atoms with Gasteiger partial charge in [-0.2, -0.15) is 0 Å². The Labute approximate surface area is 102 Å². The van der Waals surface area contributed by atoms with E-state index in [9.17, 15) is 14.7 Å². The number of carbonyl (C=O) groups excluding carboxylic acids is 1. The van der Waals surface area contributed by atoms with Crippen LogP contribution in [0.25, 0.3) is 6.08 Å². The molecule has 5 heteroatoms. The number of rotatable bonds is 3. The summed E-state index contributed by atoms with van der Waals surface area (Å²) in [6.07, 6.45) is 4.00. The lowest BCUT2D eigenvalue weighted by Crippen LogP contribution is -2.12. The molecule has 0 fully saturated rings. The zero-order valence-electron chi connectivity index (χ0n) is 9.54. The molecule has 0 aliphatic rings. The summed E-state index contributed by atoms with van der Waals surface area (Å²) in [5, 5.41) is 9.56. The molecule has 0 atom stereocenters. The second-order valence-electron chi connectivity index (χ2n) is 3.62. The Hall–Kier alpha value is -2.56. The van der Waals surface area contributed by atoms with Gasteiger partial charge in [0, 0.05) is 6.07 Å². The molecule has 18 heavy (non-hydrogen) atoms. The fourth-order valence-corrected chi connectivity index (χ4v) is 1.45. The highest BCUT2D eigenvalue weighted by Crippen LogP contribution is 2.16. The maximum atomic E-state index is 11.7. The molecule has 0 unspecified atom stereocenters. The number of aryl methyl sites for hydroxylation is 1. The van der Waals surface area contributed by atoms with Crippen molar-refractivity contribution in [1.82, 2.24) is 0 Å². The van der Waals surface area contributed by atoms with Crippen molar-refractivity contribution in [2.45, 2.75) is 6.92 Å². The van der Waals surface area contributed by atoms with Gasteiger partial charge in [-0.3, -0.25) is 4.79 Å². The first-order chi connectivity index (χ1) is 8.58. The Morgan fingerprint density at radius 2 is 2.22 bits per heavy atom. The van der Waals surface area contributed by atoms with Gasteiger partial charge in [0.25, 0.3) is 0 Å². The van der Waals surface area contributed by atoms with E-state index < -0.39 is 17.2 Å². The molecule has 0 aliphatic heterocycles. The van der Waals surface area contributed by atoms with E-state index in [2.05, 4.69) is 0 Å². The molecule has 0 amide bonds. The number of allylic oxidation sites excluding steroid dienone is 1. The molecule has 0 aromatic carbocycles. The number of aromatic hydroxyl groups is 1. The summed E-state index contributed by atoms with van der Waals surface area (Å²) in [6.45, 7) is 1.51. The predicted octanol–water partition coefficient (Wildman–Crippen LogP) is 2.14. The number of hydrogen-bond donors (Lipinski definition) is 1. The maximum absolute atomic E-state index is 11.7. The van der Waals surface area contributed by atoms with Gasteiger partial charge in [0.2, 0.25) is 0 Å². The SMILES string of the molecule is Cc1cc(O)c(C(=O)/C=C/c2ccco2)c(=O)o1. The van der Waals surface area contributed by atoms with Crippen LogP contribution >= 0.6 is 0 Å². The normalized spacial score (nSPS) is 10.9. The van der Waals surface area contributed by atoms with Crippen molar-refractivity contribution in [3.05, 3.63) is 58.0 Å². The summed E-state index contributed by atoms with van der Waals surface area (Å²) < 4.78 is 9.75. The number of hydrogen-bond acceptors (Lipinski definition) is 5. The van der Waals surface area contributed by atoms with Crippen molar-refractivity contribution in [2.75, 3.05) is 0 Å². The fourth-order valence-electron chi connectivity index (χ4n) is 1.45. The molecular formula is C13H10O5. The van der Waals surface area contributed by atoms with Crippen molar-refractivity contribution < 1.29 is 18.7 Å². The average Bonchev–Trinajstić information content (AvgIpc) is 2.77. The van der Waals surface area contributed by atoms with Gasteiger partial charge >= 0.3 is 5.63 Å². The summed E-state index contributed by atoms with van der Waals surface area (Å²) in [5.74, 6) is -0.320. The minimum atomic E-state index is -0.860. The van der Waals surface area contributed by atoms with Crippen molar-refractivity contribution in [2.24, 2.45) is 0 Å². The van der Waals surface area contributed by atoms with Crippen molar-refractivity contribution in [1.29, 1.82) is 0 Å². The smallest absolute Gasteiger partial charge is 0.351 e. The van der Waals surface area contributed by atoms with Crippen LogP contribution in [0.3, 0.4) is 0 Å². The molecule has 92 valence electrons. The molecule has 2 aromatic rings. The summed E-state index contributed by atoms with van der Waals surface area (Å²) in [5.41, 5.74) is -1.25. The van der Waals surface area contributed by atoms with Gasteiger partial charge in [0.1, 0.15) is 22.8 Å². The Balaban J connectivity index is 2.33. The summed E-state index contributed by atoms with van der Waals surface area (Å²) in [4.78, 5) is 23.2. The number of carbonyl (C=O) groups is 1. The number of furan rings is 1. The molecule has 0 saturated heterocycles. The lowest BCUT2D eigenvalue weighted by atomic mass is 10.1. The lowest BCUT2D eigenvalue weighted by Gasteiger charge is -1.99. The van der Waals surface area contributed by atoms with E-state index in [0.717, 1.165) is 6.08 Å². The Morgan fingerprint density at radius 1 is 1.44 bits per heavy atom. The van der Waals surface area contributed by atoms with Crippen LogP contribution in [0.5, 0.6) is 5.75 Å². The molecule has 0 spiro atoms. The van der Waals surface area contributed by atoms with Crippen LogP contribution in [-0.2, 0) is 0 Å². The van der Waals surface area contributed by atoms with E-state index in [1.54, 1.807) is 12.1 Å². The molecule has 5 nitrogen and oxygen atoms in total. The monoisotopic (exact) mass is 246 g/mol. The summed E-state index contributed by atoms with van der Waals surface area (Å²) in [6, 6.07) is 4.54. The van der Waals surface area contributed by atoms with E-state index in [0.29, 0.717) is 5.76 Å². The molecular weight excluding hydrogens is 236 g/mol. The molecule has 1 N–H and O–H groups in total. The van der Waals surface area contributed by atoms with Crippen LogP contribution in [0.15, 0.2) is 44.2 Å². The summed E-state index contributed by atoms with van der Waals surface area (Å²) in [7, 11) is 0. The van der Waals surface area contributed by atoms with Crippen LogP contribution in [0, 0.1) is 6.92 Å². The molecule has 2 aromatic heterocycles. The lowest BCUT2D eigenvalue weighted by molar-refractivity contribution is 0.104.